The van der Waals surface area contributed by atoms with Crippen LogP contribution in [0.3, 0.4) is 0 Å². The molecular formula is C36H36F6O2. The number of halogens is 6. The average molecular weight is 615 g/mol. The summed E-state index contributed by atoms with van der Waals surface area (Å²) in [6.45, 7) is 11.6. The first-order chi connectivity index (χ1) is 20.3. The summed E-state index contributed by atoms with van der Waals surface area (Å²) in [7, 11) is 0. The normalized spacial score (nSPS) is 13.1. The molecule has 0 aliphatic carbocycles. The molecule has 2 nitrogen and oxygen atoms in total. The molecular weight excluding hydrogens is 578 g/mol. The highest BCUT2D eigenvalue weighted by molar-refractivity contribution is 5.48. The summed E-state index contributed by atoms with van der Waals surface area (Å²) in [6, 6.07) is 23.3. The third-order valence-corrected chi connectivity index (χ3v) is 7.24. The molecule has 0 amide bonds. The van der Waals surface area contributed by atoms with Crippen molar-refractivity contribution >= 4 is 0 Å². The number of alkyl halides is 6. The molecule has 0 aliphatic rings. The molecule has 4 aromatic rings. The van der Waals surface area contributed by atoms with Crippen LogP contribution in [0, 0.1) is 0 Å². The van der Waals surface area contributed by atoms with Crippen LogP contribution in [0.4, 0.5) is 26.3 Å². The van der Waals surface area contributed by atoms with Gasteiger partial charge in [-0.3, -0.25) is 0 Å². The van der Waals surface area contributed by atoms with Gasteiger partial charge in [0.05, 0.1) is 0 Å². The molecule has 0 bridgehead atoms. The Morgan fingerprint density at radius 3 is 1.16 bits per heavy atom. The van der Waals surface area contributed by atoms with Gasteiger partial charge < -0.3 is 9.47 Å². The summed E-state index contributed by atoms with van der Waals surface area (Å²) < 4.78 is 98.6. The Morgan fingerprint density at radius 1 is 0.455 bits per heavy atom. The summed E-state index contributed by atoms with van der Waals surface area (Å²) in [4.78, 5) is 0. The maximum Gasteiger partial charge on any atom is 0.411 e. The van der Waals surface area contributed by atoms with Crippen LogP contribution in [-0.4, -0.2) is 18.0 Å². The number of hydrogen-bond acceptors (Lipinski definition) is 2. The van der Waals surface area contributed by atoms with E-state index in [4.69, 9.17) is 9.47 Å². The lowest BCUT2D eigenvalue weighted by Crippen LogP contribution is -2.54. The minimum atomic E-state index is -5.69. The largest absolute Gasteiger partial charge is 0.488 e. The van der Waals surface area contributed by atoms with Gasteiger partial charge in [-0.15, -0.1) is 0 Å². The first kappa shape index (κ1) is 33.0. The number of hydrogen-bond donors (Lipinski definition) is 0. The number of rotatable bonds is 7. The first-order valence-electron chi connectivity index (χ1n) is 14.2. The molecule has 0 N–H and O–H groups in total. The Bertz CT molecular complexity index is 1510. The van der Waals surface area contributed by atoms with Crippen molar-refractivity contribution in [3.8, 4) is 17.2 Å². The van der Waals surface area contributed by atoms with Crippen LogP contribution in [0.25, 0.3) is 0 Å². The SMILES string of the molecule is CC(C)(C)Oc1ccc(C(c2ccc(Oc3ccc(Cc4ccc(C(C)(C)C)cc4)cc3)cc2)(C(F)(F)F)C(F)(F)F)cc1. The third-order valence-electron chi connectivity index (χ3n) is 7.24. The average Bonchev–Trinajstić information content (AvgIpc) is 2.89. The second kappa shape index (κ2) is 11.9. The van der Waals surface area contributed by atoms with Gasteiger partial charge >= 0.3 is 12.4 Å². The van der Waals surface area contributed by atoms with E-state index in [1.165, 1.54) is 5.56 Å². The molecule has 0 spiro atoms. The van der Waals surface area contributed by atoms with Crippen molar-refractivity contribution in [1.29, 1.82) is 0 Å². The summed E-state index contributed by atoms with van der Waals surface area (Å²) in [5, 5.41) is 0. The van der Waals surface area contributed by atoms with Crippen LogP contribution >= 0.6 is 0 Å². The van der Waals surface area contributed by atoms with Crippen LogP contribution in [0.2, 0.25) is 0 Å². The van der Waals surface area contributed by atoms with E-state index in [1.54, 1.807) is 32.9 Å². The fraction of sp³-hybridized carbons (Fsp3) is 0.333. The van der Waals surface area contributed by atoms with Crippen molar-refractivity contribution in [2.24, 2.45) is 0 Å². The maximum atomic E-state index is 14.5. The topological polar surface area (TPSA) is 18.5 Å². The molecule has 0 heterocycles. The highest BCUT2D eigenvalue weighted by Crippen LogP contribution is 2.56. The summed E-state index contributed by atoms with van der Waals surface area (Å²) in [6.07, 6.45) is -10.7. The zero-order valence-electron chi connectivity index (χ0n) is 25.5. The van der Waals surface area contributed by atoms with E-state index < -0.39 is 34.5 Å². The van der Waals surface area contributed by atoms with E-state index in [0.717, 1.165) is 59.7 Å². The smallest absolute Gasteiger partial charge is 0.411 e. The lowest BCUT2D eigenvalue weighted by atomic mass is 9.73. The van der Waals surface area contributed by atoms with Gasteiger partial charge in [0.25, 0.3) is 0 Å². The molecule has 0 unspecified atom stereocenters. The Morgan fingerprint density at radius 2 is 0.795 bits per heavy atom. The number of benzene rings is 4. The molecule has 4 rings (SSSR count). The molecule has 0 aliphatic heterocycles. The van der Waals surface area contributed by atoms with Crippen LogP contribution in [0.1, 0.15) is 69.4 Å². The molecule has 44 heavy (non-hydrogen) atoms. The predicted octanol–water partition coefficient (Wildman–Crippen LogP) is 11.0. The zero-order valence-corrected chi connectivity index (χ0v) is 25.5. The van der Waals surface area contributed by atoms with Crippen LogP contribution in [0.15, 0.2) is 97.1 Å². The Kier molecular flexibility index (Phi) is 8.89. The first-order valence-corrected chi connectivity index (χ1v) is 14.2. The van der Waals surface area contributed by atoms with Gasteiger partial charge in [0.2, 0.25) is 5.41 Å². The second-order valence-corrected chi connectivity index (χ2v) is 12.9. The van der Waals surface area contributed by atoms with Crippen molar-refractivity contribution in [2.45, 2.75) is 76.7 Å². The molecule has 0 atom stereocenters. The molecule has 0 aromatic heterocycles. The predicted molar refractivity (Wildman–Crippen MR) is 161 cm³/mol. The van der Waals surface area contributed by atoms with E-state index in [2.05, 4.69) is 45.0 Å². The molecule has 234 valence electrons. The molecule has 0 saturated carbocycles. The van der Waals surface area contributed by atoms with Crippen molar-refractivity contribution in [2.75, 3.05) is 0 Å². The minimum absolute atomic E-state index is 0.0592. The van der Waals surface area contributed by atoms with E-state index in [1.807, 2.05) is 12.1 Å². The third kappa shape index (κ3) is 7.22. The maximum absolute atomic E-state index is 14.5. The second-order valence-electron chi connectivity index (χ2n) is 12.9. The minimum Gasteiger partial charge on any atom is -0.488 e. The monoisotopic (exact) mass is 614 g/mol. The van der Waals surface area contributed by atoms with Crippen LogP contribution in [-0.2, 0) is 17.3 Å². The van der Waals surface area contributed by atoms with Gasteiger partial charge in [0.1, 0.15) is 22.8 Å². The summed E-state index contributed by atoms with van der Waals surface area (Å²) in [5.41, 5.74) is -3.41. The standard InChI is InChI=1S/C36H36F6O2/c1-32(2,3)26-11-7-24(8-12-26)23-25-9-17-29(18-10-25)43-30-19-13-27(14-20-30)34(35(37,38)39,36(40,41)42)28-15-21-31(22-16-28)44-33(4,5)6/h7-22H,23H2,1-6H3. The highest BCUT2D eigenvalue weighted by Gasteiger charge is 2.72. The van der Waals surface area contributed by atoms with Crippen molar-refractivity contribution in [3.05, 3.63) is 125 Å². The van der Waals surface area contributed by atoms with E-state index in [0.29, 0.717) is 12.2 Å². The van der Waals surface area contributed by atoms with Gasteiger partial charge in [0.15, 0.2) is 0 Å². The molecule has 0 fully saturated rings. The molecule has 0 saturated heterocycles. The quantitative estimate of drug-likeness (QED) is 0.193. The Labute approximate surface area is 254 Å². The lowest BCUT2D eigenvalue weighted by molar-refractivity contribution is -0.288. The number of ether oxygens (including phenoxy) is 2. The van der Waals surface area contributed by atoms with Crippen LogP contribution in [0.5, 0.6) is 17.2 Å². The fourth-order valence-corrected chi connectivity index (χ4v) is 5.05. The molecule has 4 aromatic carbocycles. The van der Waals surface area contributed by atoms with Gasteiger partial charge in [0, 0.05) is 0 Å². The van der Waals surface area contributed by atoms with Crippen LogP contribution < -0.4 is 9.47 Å². The van der Waals surface area contributed by atoms with E-state index in [9.17, 15) is 26.3 Å². The molecule has 0 radical (unpaired) electrons. The highest BCUT2D eigenvalue weighted by atomic mass is 19.4. The van der Waals surface area contributed by atoms with Crippen molar-refractivity contribution in [3.63, 3.8) is 0 Å². The Balaban J connectivity index is 1.56. The van der Waals surface area contributed by atoms with Crippen molar-refractivity contribution < 1.29 is 35.8 Å². The van der Waals surface area contributed by atoms with Crippen molar-refractivity contribution in [1.82, 2.24) is 0 Å². The lowest BCUT2D eigenvalue weighted by Gasteiger charge is -2.38. The van der Waals surface area contributed by atoms with E-state index in [-0.39, 0.29) is 16.9 Å². The summed E-state index contributed by atoms with van der Waals surface area (Å²) in [5.74, 6) is 0.663. The van der Waals surface area contributed by atoms with Gasteiger partial charge in [-0.2, -0.15) is 26.3 Å². The fourth-order valence-electron chi connectivity index (χ4n) is 5.05. The molecule has 8 heteroatoms. The Hall–Kier alpha value is -3.94. The zero-order chi connectivity index (χ0) is 32.6. The van der Waals surface area contributed by atoms with Gasteiger partial charge in [-0.05, 0) is 96.8 Å². The van der Waals surface area contributed by atoms with Gasteiger partial charge in [-0.1, -0.05) is 81.4 Å². The van der Waals surface area contributed by atoms with E-state index >= 15 is 0 Å². The van der Waals surface area contributed by atoms with Gasteiger partial charge in [-0.25, -0.2) is 0 Å². The summed E-state index contributed by atoms with van der Waals surface area (Å²) >= 11 is 0.